The first-order chi connectivity index (χ1) is 14.0. The zero-order chi connectivity index (χ0) is 20.4. The number of aliphatic hydroxyl groups is 1. The second-order valence-electron chi connectivity index (χ2n) is 7.59. The Morgan fingerprint density at radius 2 is 1.83 bits per heavy atom. The lowest BCUT2D eigenvalue weighted by Crippen LogP contribution is -2.43. The first kappa shape index (κ1) is 19.3. The van der Waals surface area contributed by atoms with E-state index in [1.54, 1.807) is 36.7 Å². The van der Waals surface area contributed by atoms with Crippen LogP contribution in [0.25, 0.3) is 0 Å². The molecule has 152 valence electrons. The number of amides is 1. The van der Waals surface area contributed by atoms with E-state index in [0.29, 0.717) is 30.8 Å². The predicted molar refractivity (Wildman–Crippen MR) is 105 cm³/mol. The first-order valence-electron chi connectivity index (χ1n) is 9.67. The summed E-state index contributed by atoms with van der Waals surface area (Å²) in [5.74, 6) is -0.114. The van der Waals surface area contributed by atoms with Gasteiger partial charge in [-0.05, 0) is 60.6 Å². The van der Waals surface area contributed by atoms with E-state index in [4.69, 9.17) is 5.11 Å². The molecule has 8 heteroatoms. The number of hydrogen-bond acceptors (Lipinski definition) is 5. The topological polar surface area (TPSA) is 98.0 Å². The van der Waals surface area contributed by atoms with E-state index < -0.39 is 17.7 Å². The summed E-state index contributed by atoms with van der Waals surface area (Å²) < 4.78 is 13.4. The molecule has 1 fully saturated rings. The second-order valence-corrected chi connectivity index (χ2v) is 7.59. The van der Waals surface area contributed by atoms with Crippen LogP contribution < -0.4 is 5.43 Å². The molecule has 0 saturated carbocycles. The zero-order valence-corrected chi connectivity index (χ0v) is 15.8. The van der Waals surface area contributed by atoms with Crippen molar-refractivity contribution < 1.29 is 19.4 Å². The third kappa shape index (κ3) is 3.67. The highest BCUT2D eigenvalue weighted by Gasteiger charge is 2.48. The van der Waals surface area contributed by atoms with E-state index in [0.717, 1.165) is 18.4 Å². The number of carbonyl (C=O) groups is 1. The molecule has 1 amide bonds. The molecule has 1 saturated heterocycles. The Balaban J connectivity index is 1.60. The van der Waals surface area contributed by atoms with Gasteiger partial charge in [-0.15, -0.1) is 0 Å². The monoisotopic (exact) mass is 398 g/mol. The Kier molecular flexibility index (Phi) is 5.19. The van der Waals surface area contributed by atoms with Crippen LogP contribution >= 0.6 is 0 Å². The van der Waals surface area contributed by atoms with Gasteiger partial charge in [0.2, 0.25) is 0 Å². The number of hydrogen-bond donors (Lipinski definition) is 3. The summed E-state index contributed by atoms with van der Waals surface area (Å²) in [7, 11) is 0. The van der Waals surface area contributed by atoms with Gasteiger partial charge in [0.05, 0.1) is 5.71 Å². The number of pyridine rings is 1. The highest BCUT2D eigenvalue weighted by Crippen LogP contribution is 2.42. The van der Waals surface area contributed by atoms with Crippen LogP contribution in [0.2, 0.25) is 0 Å². The zero-order valence-electron chi connectivity index (χ0n) is 15.8. The standard InChI is InChI=1S/C21H23FN4O3/c22-17-3-1-15(2-4-17)19-21(29,16-5-9-23-10-6-16)18(24-25-19)13-14-7-11-26(12-8-14)20(27)28/h1-6,9-10,14,19,25,29H,7-8,11-13H2,(H,27,28). The quantitative estimate of drug-likeness (QED) is 0.736. The van der Waals surface area contributed by atoms with Crippen LogP contribution in [0, 0.1) is 11.7 Å². The lowest BCUT2D eigenvalue weighted by atomic mass is 9.76. The van der Waals surface area contributed by atoms with Crippen molar-refractivity contribution in [2.24, 2.45) is 11.0 Å². The Labute approximate surface area is 167 Å². The number of halogens is 1. The molecule has 3 heterocycles. The van der Waals surface area contributed by atoms with Gasteiger partial charge in [-0.1, -0.05) is 12.1 Å². The van der Waals surface area contributed by atoms with Crippen LogP contribution in [-0.2, 0) is 5.60 Å². The Hall–Kier alpha value is -3.00. The van der Waals surface area contributed by atoms with Gasteiger partial charge in [0.15, 0.2) is 5.60 Å². The highest BCUT2D eigenvalue weighted by atomic mass is 19.1. The minimum Gasteiger partial charge on any atom is -0.465 e. The Bertz CT molecular complexity index is 898. The van der Waals surface area contributed by atoms with Crippen molar-refractivity contribution in [3.8, 4) is 0 Å². The van der Waals surface area contributed by atoms with Crippen molar-refractivity contribution in [2.75, 3.05) is 13.1 Å². The highest BCUT2D eigenvalue weighted by molar-refractivity contribution is 5.95. The van der Waals surface area contributed by atoms with E-state index in [2.05, 4.69) is 15.5 Å². The fraction of sp³-hybridized carbons (Fsp3) is 0.381. The van der Waals surface area contributed by atoms with Crippen LogP contribution in [0.3, 0.4) is 0 Å². The average Bonchev–Trinajstić information content (AvgIpc) is 3.07. The van der Waals surface area contributed by atoms with Crippen molar-refractivity contribution in [1.82, 2.24) is 15.3 Å². The second kappa shape index (κ2) is 7.79. The molecule has 29 heavy (non-hydrogen) atoms. The van der Waals surface area contributed by atoms with Crippen LogP contribution in [0.4, 0.5) is 9.18 Å². The molecule has 3 N–H and O–H groups in total. The van der Waals surface area contributed by atoms with Gasteiger partial charge in [-0.3, -0.25) is 10.4 Å². The molecule has 7 nitrogen and oxygen atoms in total. The molecule has 1 aromatic carbocycles. The van der Waals surface area contributed by atoms with Crippen molar-refractivity contribution in [3.63, 3.8) is 0 Å². The molecule has 2 aliphatic heterocycles. The summed E-state index contributed by atoms with van der Waals surface area (Å²) in [5, 5.41) is 25.5. The molecular weight excluding hydrogens is 375 g/mol. The van der Waals surface area contributed by atoms with Gasteiger partial charge < -0.3 is 15.1 Å². The number of likely N-dealkylation sites (tertiary alicyclic amines) is 1. The molecule has 0 aliphatic carbocycles. The first-order valence-corrected chi connectivity index (χ1v) is 9.67. The minimum atomic E-state index is -1.40. The van der Waals surface area contributed by atoms with Crippen LogP contribution in [-0.4, -0.2) is 45.0 Å². The number of rotatable bonds is 4. The maximum Gasteiger partial charge on any atom is 0.407 e. The fourth-order valence-corrected chi connectivity index (χ4v) is 4.20. The van der Waals surface area contributed by atoms with Gasteiger partial charge >= 0.3 is 6.09 Å². The molecule has 1 aromatic heterocycles. The minimum absolute atomic E-state index is 0.228. The van der Waals surface area contributed by atoms with E-state index in [1.807, 2.05) is 0 Å². The Morgan fingerprint density at radius 3 is 2.45 bits per heavy atom. The van der Waals surface area contributed by atoms with E-state index in [9.17, 15) is 14.3 Å². The van der Waals surface area contributed by atoms with Crippen LogP contribution in [0.1, 0.15) is 36.4 Å². The largest absolute Gasteiger partial charge is 0.465 e. The fourth-order valence-electron chi connectivity index (χ4n) is 4.20. The number of nitrogens with zero attached hydrogens (tertiary/aromatic N) is 3. The molecule has 2 aromatic rings. The normalized spacial score (nSPS) is 24.8. The van der Waals surface area contributed by atoms with Crippen LogP contribution in [0.15, 0.2) is 53.9 Å². The van der Waals surface area contributed by atoms with Crippen molar-refractivity contribution in [1.29, 1.82) is 0 Å². The van der Waals surface area contributed by atoms with Crippen molar-refractivity contribution >= 4 is 11.8 Å². The van der Waals surface area contributed by atoms with Gasteiger partial charge in [0.1, 0.15) is 11.9 Å². The molecule has 4 rings (SSSR count). The van der Waals surface area contributed by atoms with E-state index in [1.165, 1.54) is 17.0 Å². The summed E-state index contributed by atoms with van der Waals surface area (Å²) in [6, 6.07) is 8.97. The van der Waals surface area contributed by atoms with Crippen molar-refractivity contribution in [2.45, 2.75) is 30.9 Å². The summed E-state index contributed by atoms with van der Waals surface area (Å²) in [6.45, 7) is 0.964. The predicted octanol–water partition coefficient (Wildman–Crippen LogP) is 2.89. The maximum absolute atomic E-state index is 13.4. The number of benzene rings is 1. The Morgan fingerprint density at radius 1 is 1.17 bits per heavy atom. The van der Waals surface area contributed by atoms with Crippen molar-refractivity contribution in [3.05, 3.63) is 65.7 Å². The average molecular weight is 398 g/mol. The molecule has 2 unspecified atom stereocenters. The van der Waals surface area contributed by atoms with E-state index in [-0.39, 0.29) is 11.7 Å². The summed E-state index contributed by atoms with van der Waals surface area (Å²) in [4.78, 5) is 16.6. The van der Waals surface area contributed by atoms with Gasteiger partial charge in [-0.2, -0.15) is 5.10 Å². The smallest absolute Gasteiger partial charge is 0.407 e. The molecular formula is C21H23FN4O3. The summed E-state index contributed by atoms with van der Waals surface area (Å²) in [5.41, 5.74) is 3.63. The maximum atomic E-state index is 13.4. The van der Waals surface area contributed by atoms with Gasteiger partial charge in [0.25, 0.3) is 0 Å². The number of aromatic nitrogens is 1. The number of hydrazone groups is 1. The summed E-state index contributed by atoms with van der Waals surface area (Å²) in [6.07, 6.45) is 4.34. The molecule has 0 spiro atoms. The summed E-state index contributed by atoms with van der Waals surface area (Å²) >= 11 is 0. The molecule has 0 radical (unpaired) electrons. The number of nitrogens with one attached hydrogen (secondary N) is 1. The van der Waals surface area contributed by atoms with Gasteiger partial charge in [0, 0.05) is 25.5 Å². The lowest BCUT2D eigenvalue weighted by molar-refractivity contribution is 0.0754. The van der Waals surface area contributed by atoms with E-state index >= 15 is 0 Å². The number of carboxylic acid groups (broad SMARTS) is 1. The lowest BCUT2D eigenvalue weighted by Gasteiger charge is -2.34. The third-order valence-corrected chi connectivity index (χ3v) is 5.88. The third-order valence-electron chi connectivity index (χ3n) is 5.88. The van der Waals surface area contributed by atoms with Gasteiger partial charge in [-0.25, -0.2) is 9.18 Å². The molecule has 2 atom stereocenters. The molecule has 2 aliphatic rings. The van der Waals surface area contributed by atoms with Crippen LogP contribution in [0.5, 0.6) is 0 Å². The SMILES string of the molecule is O=C(O)N1CCC(CC2=NNC(c3ccc(F)cc3)C2(O)c2ccncc2)CC1. The molecule has 0 bridgehead atoms. The number of piperidine rings is 1.